The first kappa shape index (κ1) is 26.0. The number of esters is 1. The second kappa shape index (κ2) is 10.5. The zero-order valence-corrected chi connectivity index (χ0v) is 21.2. The number of hydrogen-bond acceptors (Lipinski definition) is 8. The standard InChI is InChI=1S/C26H42O8/c1-7-29-23(27)9-8-17-10-14(2)15(3)18(31-17)11-20-24(28)16(4)25-21(32-20)12-19-22(33-25)13-30-26(5,6)34-19/h14,16-22,24-25,28H,3,7-13H2,1-2,4-6H3/t14-,16-,17+,18-,19-,20+,21+,22-,24-,25+/m1/s1. The van der Waals surface area contributed by atoms with Crippen molar-refractivity contribution in [3.63, 3.8) is 0 Å². The van der Waals surface area contributed by atoms with Crippen LogP contribution in [0.4, 0.5) is 0 Å². The fourth-order valence-electron chi connectivity index (χ4n) is 5.83. The van der Waals surface area contributed by atoms with E-state index >= 15 is 0 Å². The molecular formula is C26H42O8. The zero-order valence-electron chi connectivity index (χ0n) is 21.2. The summed E-state index contributed by atoms with van der Waals surface area (Å²) >= 11 is 0. The van der Waals surface area contributed by atoms with Crippen molar-refractivity contribution in [2.24, 2.45) is 11.8 Å². The average Bonchev–Trinajstić information content (AvgIpc) is 2.77. The van der Waals surface area contributed by atoms with Gasteiger partial charge in [0.15, 0.2) is 5.79 Å². The van der Waals surface area contributed by atoms with Crippen molar-refractivity contribution in [3.05, 3.63) is 12.2 Å². The van der Waals surface area contributed by atoms with Crippen LogP contribution in [0, 0.1) is 11.8 Å². The Labute approximate surface area is 203 Å². The average molecular weight is 483 g/mol. The topological polar surface area (TPSA) is 92.7 Å². The highest BCUT2D eigenvalue weighted by Crippen LogP contribution is 2.42. The molecule has 4 rings (SSSR count). The maximum Gasteiger partial charge on any atom is 0.305 e. The molecule has 10 atom stereocenters. The number of fused-ring (bicyclic) bond motifs is 2. The molecule has 0 radical (unpaired) electrons. The van der Waals surface area contributed by atoms with Gasteiger partial charge in [-0.1, -0.05) is 20.4 Å². The summed E-state index contributed by atoms with van der Waals surface area (Å²) < 4.78 is 36.1. The van der Waals surface area contributed by atoms with Gasteiger partial charge in [0.2, 0.25) is 0 Å². The normalized spacial score (nSPS) is 44.1. The van der Waals surface area contributed by atoms with Gasteiger partial charge in [0.25, 0.3) is 0 Å². The van der Waals surface area contributed by atoms with E-state index in [1.165, 1.54) is 0 Å². The minimum atomic E-state index is -0.675. The maximum atomic E-state index is 11.8. The van der Waals surface area contributed by atoms with Gasteiger partial charge in [-0.25, -0.2) is 0 Å². The summed E-state index contributed by atoms with van der Waals surface area (Å²) in [5.41, 5.74) is 1.02. The van der Waals surface area contributed by atoms with Crippen LogP contribution in [0.15, 0.2) is 12.2 Å². The van der Waals surface area contributed by atoms with Crippen molar-refractivity contribution in [2.45, 2.75) is 121 Å². The highest BCUT2D eigenvalue weighted by molar-refractivity contribution is 5.69. The third-order valence-corrected chi connectivity index (χ3v) is 7.84. The highest BCUT2D eigenvalue weighted by atomic mass is 16.7. The Morgan fingerprint density at radius 3 is 2.65 bits per heavy atom. The van der Waals surface area contributed by atoms with Crippen molar-refractivity contribution in [1.82, 2.24) is 0 Å². The number of aliphatic hydroxyl groups excluding tert-OH is 1. The molecule has 4 fully saturated rings. The van der Waals surface area contributed by atoms with Gasteiger partial charge in [0, 0.05) is 25.2 Å². The first-order valence-corrected chi connectivity index (χ1v) is 12.9. The first-order valence-electron chi connectivity index (χ1n) is 12.9. The molecule has 4 aliphatic rings. The molecule has 0 saturated carbocycles. The summed E-state index contributed by atoms with van der Waals surface area (Å²) in [4.78, 5) is 11.8. The number of rotatable bonds is 6. The summed E-state index contributed by atoms with van der Waals surface area (Å²) in [6.07, 6.45) is 1.09. The number of carbonyl (C=O) groups is 1. The number of carbonyl (C=O) groups excluding carboxylic acids is 1. The van der Waals surface area contributed by atoms with E-state index in [-0.39, 0.29) is 60.5 Å². The molecule has 0 aromatic carbocycles. The third kappa shape index (κ3) is 5.68. The van der Waals surface area contributed by atoms with Gasteiger partial charge in [-0.15, -0.1) is 0 Å². The van der Waals surface area contributed by atoms with Crippen molar-refractivity contribution < 1.29 is 38.3 Å². The van der Waals surface area contributed by atoms with Gasteiger partial charge in [0.05, 0.1) is 55.9 Å². The lowest BCUT2D eigenvalue weighted by Crippen LogP contribution is -2.63. The Morgan fingerprint density at radius 1 is 1.15 bits per heavy atom. The van der Waals surface area contributed by atoms with Gasteiger partial charge in [-0.3, -0.25) is 4.79 Å². The molecule has 0 bridgehead atoms. The molecule has 4 saturated heterocycles. The summed E-state index contributed by atoms with van der Waals surface area (Å²) in [7, 11) is 0. The van der Waals surface area contributed by atoms with Crippen LogP contribution in [0.25, 0.3) is 0 Å². The molecule has 34 heavy (non-hydrogen) atoms. The molecule has 8 nitrogen and oxygen atoms in total. The SMILES string of the molecule is C=C1[C@H](C)C[C@H](CCC(=O)OCC)O[C@@H]1C[C@@H]1O[C@H]2C[C@H]3OC(C)(C)OC[C@H]3O[C@H]2[C@H](C)[C@H]1O. The molecule has 0 amide bonds. The second-order valence-corrected chi connectivity index (χ2v) is 10.8. The Hall–Kier alpha value is -1.03. The summed E-state index contributed by atoms with van der Waals surface area (Å²) in [5, 5.41) is 11.1. The lowest BCUT2D eigenvalue weighted by molar-refractivity contribution is -0.355. The number of ether oxygens (including phenoxy) is 6. The van der Waals surface area contributed by atoms with E-state index in [1.807, 2.05) is 27.7 Å². The van der Waals surface area contributed by atoms with Gasteiger partial charge >= 0.3 is 5.97 Å². The molecule has 1 N–H and O–H groups in total. The van der Waals surface area contributed by atoms with E-state index in [4.69, 9.17) is 28.4 Å². The van der Waals surface area contributed by atoms with E-state index in [2.05, 4.69) is 13.5 Å². The van der Waals surface area contributed by atoms with E-state index in [0.29, 0.717) is 38.9 Å². The summed E-state index contributed by atoms with van der Waals surface area (Å²) in [6, 6.07) is 0. The monoisotopic (exact) mass is 482 g/mol. The molecule has 4 aliphatic heterocycles. The van der Waals surface area contributed by atoms with E-state index in [1.54, 1.807) is 0 Å². The largest absolute Gasteiger partial charge is 0.466 e. The number of aliphatic hydroxyl groups is 1. The molecule has 4 heterocycles. The molecule has 0 spiro atoms. The molecule has 194 valence electrons. The molecule has 0 aliphatic carbocycles. The predicted molar refractivity (Wildman–Crippen MR) is 124 cm³/mol. The Bertz CT molecular complexity index is 738. The minimum absolute atomic E-state index is 0.0440. The molecular weight excluding hydrogens is 440 g/mol. The minimum Gasteiger partial charge on any atom is -0.466 e. The van der Waals surface area contributed by atoms with Crippen molar-refractivity contribution in [2.75, 3.05) is 13.2 Å². The van der Waals surface area contributed by atoms with Gasteiger partial charge < -0.3 is 33.5 Å². The first-order chi connectivity index (χ1) is 16.1. The van der Waals surface area contributed by atoms with E-state index in [9.17, 15) is 9.90 Å². The van der Waals surface area contributed by atoms with Gasteiger partial charge in [0.1, 0.15) is 6.10 Å². The smallest absolute Gasteiger partial charge is 0.305 e. The highest BCUT2D eigenvalue weighted by Gasteiger charge is 2.52. The zero-order chi connectivity index (χ0) is 24.6. The molecule has 0 aromatic heterocycles. The summed E-state index contributed by atoms with van der Waals surface area (Å²) in [6.45, 7) is 15.0. The Balaban J connectivity index is 1.38. The van der Waals surface area contributed by atoms with Gasteiger partial charge in [-0.2, -0.15) is 0 Å². The van der Waals surface area contributed by atoms with Crippen LogP contribution in [0.2, 0.25) is 0 Å². The van der Waals surface area contributed by atoms with Crippen LogP contribution in [0.1, 0.15) is 66.7 Å². The van der Waals surface area contributed by atoms with E-state index in [0.717, 1.165) is 12.0 Å². The van der Waals surface area contributed by atoms with Crippen LogP contribution in [-0.4, -0.2) is 78.9 Å². The Morgan fingerprint density at radius 2 is 1.91 bits per heavy atom. The quantitative estimate of drug-likeness (QED) is 0.456. The molecule has 0 unspecified atom stereocenters. The fraction of sp³-hybridized carbons (Fsp3) is 0.885. The third-order valence-electron chi connectivity index (χ3n) is 7.84. The maximum absolute atomic E-state index is 11.8. The lowest BCUT2D eigenvalue weighted by Gasteiger charge is -2.53. The van der Waals surface area contributed by atoms with Crippen LogP contribution in [0.5, 0.6) is 0 Å². The van der Waals surface area contributed by atoms with Crippen LogP contribution >= 0.6 is 0 Å². The number of hydrogen-bond donors (Lipinski definition) is 1. The van der Waals surface area contributed by atoms with Crippen LogP contribution < -0.4 is 0 Å². The second-order valence-electron chi connectivity index (χ2n) is 10.8. The van der Waals surface area contributed by atoms with Crippen molar-refractivity contribution >= 4 is 5.97 Å². The lowest BCUT2D eigenvalue weighted by atomic mass is 9.79. The van der Waals surface area contributed by atoms with E-state index < -0.39 is 11.9 Å². The molecule has 8 heteroatoms. The van der Waals surface area contributed by atoms with Crippen molar-refractivity contribution in [3.8, 4) is 0 Å². The Kier molecular flexibility index (Phi) is 8.06. The van der Waals surface area contributed by atoms with Crippen LogP contribution in [0.3, 0.4) is 0 Å². The van der Waals surface area contributed by atoms with Gasteiger partial charge in [-0.05, 0) is 45.1 Å². The fourth-order valence-corrected chi connectivity index (χ4v) is 5.83. The molecule has 0 aromatic rings. The van der Waals surface area contributed by atoms with Crippen molar-refractivity contribution in [1.29, 1.82) is 0 Å². The van der Waals surface area contributed by atoms with Crippen LogP contribution in [-0.2, 0) is 33.2 Å². The summed E-state index contributed by atoms with van der Waals surface area (Å²) in [5.74, 6) is -0.652. The predicted octanol–water partition coefficient (Wildman–Crippen LogP) is 3.14.